The van der Waals surface area contributed by atoms with Crippen LogP contribution in [0.2, 0.25) is 0 Å². The molecule has 0 bridgehead atoms. The van der Waals surface area contributed by atoms with Crippen LogP contribution in [-0.4, -0.2) is 29.9 Å². The summed E-state index contributed by atoms with van der Waals surface area (Å²) in [6.45, 7) is 3.40. The number of unbranched alkanes of at least 4 members (excludes halogenated alkanes) is 14. The van der Waals surface area contributed by atoms with E-state index < -0.39 is 10.1 Å². The fourth-order valence-electron chi connectivity index (χ4n) is 4.39. The number of aryl methyl sites for hydroxylation is 1. The third-order valence-electron chi connectivity index (χ3n) is 6.44. The van der Waals surface area contributed by atoms with Gasteiger partial charge in [-0.1, -0.05) is 102 Å². The van der Waals surface area contributed by atoms with Crippen LogP contribution >= 0.6 is 11.3 Å². The molecule has 0 aliphatic carbocycles. The van der Waals surface area contributed by atoms with Crippen molar-refractivity contribution in [3.8, 4) is 5.75 Å². The van der Waals surface area contributed by atoms with Crippen LogP contribution in [0.5, 0.6) is 5.75 Å². The average Bonchev–Trinajstić information content (AvgIpc) is 3.12. The van der Waals surface area contributed by atoms with Crippen molar-refractivity contribution in [2.24, 2.45) is 0 Å². The molecule has 0 amide bonds. The van der Waals surface area contributed by atoms with E-state index in [2.05, 4.69) is 6.92 Å². The van der Waals surface area contributed by atoms with Crippen molar-refractivity contribution in [2.75, 3.05) is 12.4 Å². The van der Waals surface area contributed by atoms with E-state index in [1.807, 2.05) is 18.2 Å². The SMILES string of the molecule is CCCCCCCCCCCCCCCCOc1ccc2c(c1)sc(=O)n2CCCCS(=O)(=O)O. The van der Waals surface area contributed by atoms with E-state index in [4.69, 9.17) is 9.29 Å². The van der Waals surface area contributed by atoms with Crippen LogP contribution in [0.4, 0.5) is 0 Å². The van der Waals surface area contributed by atoms with Crippen LogP contribution in [0.3, 0.4) is 0 Å². The van der Waals surface area contributed by atoms with Gasteiger partial charge in [-0.15, -0.1) is 0 Å². The largest absolute Gasteiger partial charge is 0.494 e. The smallest absolute Gasteiger partial charge is 0.308 e. The molecule has 0 aliphatic rings. The van der Waals surface area contributed by atoms with E-state index in [9.17, 15) is 13.2 Å². The Balaban J connectivity index is 1.54. The zero-order valence-electron chi connectivity index (χ0n) is 21.5. The highest BCUT2D eigenvalue weighted by molar-refractivity contribution is 7.85. The van der Waals surface area contributed by atoms with Crippen LogP contribution in [0.25, 0.3) is 10.2 Å². The standard InChI is InChI=1S/C27H45NO5S2/c1-2-3-4-5-6-7-8-9-10-11-12-13-14-16-21-33-24-18-19-25-26(23-24)34-27(29)28(25)20-15-17-22-35(30,31)32/h18-19,23H,2-17,20-22H2,1H3,(H,30,31,32). The Morgan fingerprint density at radius 3 is 1.97 bits per heavy atom. The number of hydrogen-bond acceptors (Lipinski definition) is 5. The summed E-state index contributed by atoms with van der Waals surface area (Å²) in [6.07, 6.45) is 19.5. The Hall–Kier alpha value is -1.38. The van der Waals surface area contributed by atoms with Crippen molar-refractivity contribution in [3.63, 3.8) is 0 Å². The first-order valence-corrected chi connectivity index (χ1v) is 16.0. The molecule has 1 N–H and O–H groups in total. The van der Waals surface area contributed by atoms with Gasteiger partial charge in [0.05, 0.1) is 22.6 Å². The van der Waals surface area contributed by atoms with Crippen LogP contribution < -0.4 is 9.61 Å². The van der Waals surface area contributed by atoms with Crippen molar-refractivity contribution >= 4 is 31.7 Å². The van der Waals surface area contributed by atoms with Gasteiger partial charge in [-0.3, -0.25) is 13.9 Å². The number of thiazole rings is 1. The summed E-state index contributed by atoms with van der Waals surface area (Å²) in [5.41, 5.74) is 0.843. The van der Waals surface area contributed by atoms with E-state index in [-0.39, 0.29) is 10.6 Å². The second-order valence-corrected chi connectivity index (χ2v) is 12.2. The predicted octanol–water partition coefficient (Wildman–Crippen LogP) is 7.59. The van der Waals surface area contributed by atoms with Gasteiger partial charge in [0.2, 0.25) is 0 Å². The summed E-state index contributed by atoms with van der Waals surface area (Å²) in [4.78, 5) is 12.3. The first kappa shape index (κ1) is 29.8. The van der Waals surface area contributed by atoms with Gasteiger partial charge < -0.3 is 4.74 Å². The van der Waals surface area contributed by atoms with Gasteiger partial charge in [0.15, 0.2) is 0 Å². The zero-order chi connectivity index (χ0) is 25.4. The summed E-state index contributed by atoms with van der Waals surface area (Å²) in [5, 5.41) is 0. The number of ether oxygens (including phenoxy) is 1. The topological polar surface area (TPSA) is 85.6 Å². The van der Waals surface area contributed by atoms with Gasteiger partial charge in [0.25, 0.3) is 10.1 Å². The quantitative estimate of drug-likeness (QED) is 0.133. The molecule has 2 aromatic rings. The third kappa shape index (κ3) is 12.9. The Bertz CT molecular complexity index is 997. The Morgan fingerprint density at radius 1 is 0.829 bits per heavy atom. The van der Waals surface area contributed by atoms with Crippen molar-refractivity contribution in [1.82, 2.24) is 4.57 Å². The number of nitrogens with zero attached hydrogens (tertiary/aromatic N) is 1. The van der Waals surface area contributed by atoms with E-state index >= 15 is 0 Å². The average molecular weight is 528 g/mol. The normalized spacial score (nSPS) is 11.9. The van der Waals surface area contributed by atoms with Crippen molar-refractivity contribution < 1.29 is 17.7 Å². The number of benzene rings is 1. The molecule has 8 heteroatoms. The molecule has 0 aliphatic heterocycles. The number of rotatable bonds is 21. The second-order valence-electron chi connectivity index (χ2n) is 9.59. The van der Waals surface area contributed by atoms with E-state index in [1.54, 1.807) is 4.57 Å². The van der Waals surface area contributed by atoms with Crippen LogP contribution in [0.1, 0.15) is 110 Å². The molecule has 0 unspecified atom stereocenters. The monoisotopic (exact) mass is 527 g/mol. The number of aromatic nitrogens is 1. The van der Waals surface area contributed by atoms with Gasteiger partial charge >= 0.3 is 4.87 Å². The second kappa shape index (κ2) is 17.1. The van der Waals surface area contributed by atoms with Crippen molar-refractivity contribution in [3.05, 3.63) is 27.9 Å². The number of fused-ring (bicyclic) bond motifs is 1. The van der Waals surface area contributed by atoms with E-state index in [0.29, 0.717) is 26.0 Å². The molecule has 35 heavy (non-hydrogen) atoms. The molecule has 2 rings (SSSR count). The van der Waals surface area contributed by atoms with Crippen LogP contribution in [0.15, 0.2) is 23.0 Å². The van der Waals surface area contributed by atoms with Crippen LogP contribution in [0, 0.1) is 0 Å². The molecule has 200 valence electrons. The van der Waals surface area contributed by atoms with Gasteiger partial charge in [0, 0.05) is 6.54 Å². The van der Waals surface area contributed by atoms with Gasteiger partial charge in [-0.2, -0.15) is 8.42 Å². The molecular weight excluding hydrogens is 482 g/mol. The van der Waals surface area contributed by atoms with Gasteiger partial charge in [-0.05, 0) is 37.5 Å². The fraction of sp³-hybridized carbons (Fsp3) is 0.741. The van der Waals surface area contributed by atoms with E-state index in [1.165, 1.54) is 94.8 Å². The minimum atomic E-state index is -3.95. The fourth-order valence-corrected chi connectivity index (χ4v) is 5.90. The summed E-state index contributed by atoms with van der Waals surface area (Å²) in [5.74, 6) is 0.508. The molecule has 0 saturated heterocycles. The molecule has 0 atom stereocenters. The van der Waals surface area contributed by atoms with Gasteiger partial charge in [0.1, 0.15) is 5.75 Å². The van der Waals surface area contributed by atoms with E-state index in [0.717, 1.165) is 22.4 Å². The molecule has 6 nitrogen and oxygen atoms in total. The molecular formula is C27H45NO5S2. The molecule has 0 saturated carbocycles. The molecule has 1 aromatic heterocycles. The summed E-state index contributed by atoms with van der Waals surface area (Å²) >= 11 is 1.18. The maximum Gasteiger partial charge on any atom is 0.308 e. The Morgan fingerprint density at radius 2 is 1.40 bits per heavy atom. The summed E-state index contributed by atoms with van der Waals surface area (Å²) < 4.78 is 38.9. The molecule has 1 aromatic carbocycles. The van der Waals surface area contributed by atoms with Gasteiger partial charge in [-0.25, -0.2) is 0 Å². The Kier molecular flexibility index (Phi) is 14.6. The lowest BCUT2D eigenvalue weighted by atomic mass is 10.0. The summed E-state index contributed by atoms with van der Waals surface area (Å²) in [7, 11) is -3.95. The summed E-state index contributed by atoms with van der Waals surface area (Å²) in [6, 6.07) is 5.71. The van der Waals surface area contributed by atoms with Crippen molar-refractivity contribution in [2.45, 2.75) is 116 Å². The predicted molar refractivity (Wildman–Crippen MR) is 148 cm³/mol. The lowest BCUT2D eigenvalue weighted by Crippen LogP contribution is -2.14. The molecule has 1 heterocycles. The number of hydrogen-bond donors (Lipinski definition) is 1. The molecule has 0 radical (unpaired) electrons. The highest BCUT2D eigenvalue weighted by Gasteiger charge is 2.10. The molecule has 0 spiro atoms. The highest BCUT2D eigenvalue weighted by Crippen LogP contribution is 2.24. The molecule has 0 fully saturated rings. The third-order valence-corrected chi connectivity index (χ3v) is 8.19. The maximum atomic E-state index is 12.3. The van der Waals surface area contributed by atoms with Crippen molar-refractivity contribution in [1.29, 1.82) is 0 Å². The minimum Gasteiger partial charge on any atom is -0.494 e. The Labute approximate surface area is 215 Å². The first-order chi connectivity index (χ1) is 16.9. The lowest BCUT2D eigenvalue weighted by Gasteiger charge is -2.07. The zero-order valence-corrected chi connectivity index (χ0v) is 23.1. The first-order valence-electron chi connectivity index (χ1n) is 13.6. The lowest BCUT2D eigenvalue weighted by molar-refractivity contribution is 0.304. The minimum absolute atomic E-state index is 0.0593. The van der Waals surface area contributed by atoms with Crippen LogP contribution in [-0.2, 0) is 16.7 Å². The highest BCUT2D eigenvalue weighted by atomic mass is 32.2. The maximum absolute atomic E-state index is 12.3.